The van der Waals surface area contributed by atoms with Crippen LogP contribution in [0.25, 0.3) is 0 Å². The molecule has 28 heavy (non-hydrogen) atoms. The zero-order chi connectivity index (χ0) is 17.0. The Hall–Kier alpha value is -0.367. The molecule has 0 aromatic carbocycles. The predicted octanol–water partition coefficient (Wildman–Crippen LogP) is 7.81. The fourth-order valence-corrected chi connectivity index (χ4v) is 2.28. The van der Waals surface area contributed by atoms with E-state index in [1.54, 1.807) is 21.3 Å². The third-order valence-electron chi connectivity index (χ3n) is 2.94. The standard InChI is InChI=1S/C8H12.C8H10.C3H10O3P.4CH3.Ru/c2*1-2-4-6-8-7-5-3-1;1-4-7(5-2)6-3;;;;;/h1-2,7-8H,3-6H2;1-6H,7-8H2;7H,1-3H3;4*1H3;/q;;+1;4*-1;+4/b2-1-,8-7?;2-1?,5-3-,6-4?;;;;;;. The van der Waals surface area contributed by atoms with Crippen molar-refractivity contribution in [2.24, 2.45) is 0 Å². The van der Waals surface area contributed by atoms with E-state index in [2.05, 4.69) is 60.8 Å². The van der Waals surface area contributed by atoms with Crippen LogP contribution in [0.5, 0.6) is 0 Å². The monoisotopic (exact) mass is 501 g/mol. The van der Waals surface area contributed by atoms with Crippen molar-refractivity contribution >= 4 is 8.60 Å². The van der Waals surface area contributed by atoms with Gasteiger partial charge in [0.2, 0.25) is 0 Å². The summed E-state index contributed by atoms with van der Waals surface area (Å²) in [5.41, 5.74) is 0. The molecule has 166 valence electrons. The van der Waals surface area contributed by atoms with Gasteiger partial charge >= 0.3 is 28.1 Å². The molecule has 0 amide bonds. The largest absolute Gasteiger partial charge is 4.00 e. The first kappa shape index (κ1) is 41.9. The van der Waals surface area contributed by atoms with Crippen LogP contribution in [-0.4, -0.2) is 21.3 Å². The van der Waals surface area contributed by atoms with Crippen LogP contribution in [0, 0.1) is 29.7 Å². The van der Waals surface area contributed by atoms with Crippen molar-refractivity contribution in [2.75, 3.05) is 21.3 Å². The Bertz CT molecular complexity index is 340. The van der Waals surface area contributed by atoms with Crippen LogP contribution in [0.3, 0.4) is 0 Å². The molecule has 0 fully saturated rings. The molecule has 0 aromatic heterocycles. The van der Waals surface area contributed by atoms with E-state index in [-0.39, 0.29) is 49.2 Å². The summed E-state index contributed by atoms with van der Waals surface area (Å²) >= 11 is 0. The number of hydrogen-bond donors (Lipinski definition) is 0. The van der Waals surface area contributed by atoms with Gasteiger partial charge in [-0.1, -0.05) is 60.8 Å². The van der Waals surface area contributed by atoms with E-state index in [1.807, 2.05) is 0 Å². The summed E-state index contributed by atoms with van der Waals surface area (Å²) in [4.78, 5) is 0. The van der Waals surface area contributed by atoms with Gasteiger partial charge in [-0.15, -0.1) is 0 Å². The van der Waals surface area contributed by atoms with Gasteiger partial charge in [0.25, 0.3) is 0 Å². The molecule has 0 aromatic rings. The minimum Gasteiger partial charge on any atom is -0.358 e. The van der Waals surface area contributed by atoms with Crippen LogP contribution in [-0.2, 0) is 33.0 Å². The van der Waals surface area contributed by atoms with Gasteiger partial charge in [-0.2, -0.15) is 13.6 Å². The van der Waals surface area contributed by atoms with Crippen molar-refractivity contribution in [1.29, 1.82) is 0 Å². The Balaban J connectivity index is -0.0000000597. The van der Waals surface area contributed by atoms with Gasteiger partial charge in [0, 0.05) is 0 Å². The van der Waals surface area contributed by atoms with Crippen molar-refractivity contribution in [3.63, 3.8) is 0 Å². The van der Waals surface area contributed by atoms with Gasteiger partial charge in [-0.25, -0.2) is 0 Å². The Morgan fingerprint density at radius 3 is 0.929 bits per heavy atom. The van der Waals surface area contributed by atoms with E-state index in [0.29, 0.717) is 0 Å². The summed E-state index contributed by atoms with van der Waals surface area (Å²) in [6.45, 7) is 0. The molecule has 2 rings (SSSR count). The van der Waals surface area contributed by atoms with Gasteiger partial charge in [0.1, 0.15) is 0 Å². The zero-order valence-corrected chi connectivity index (χ0v) is 21.8. The SMILES string of the molecule is C1=C/C=C\CCC=C1.C1=CCC/C=C\CC1.CO[PH+](OC)OC.[CH3-].[CH3-].[CH3-].[CH3-].[Ru+4]. The minimum atomic E-state index is -1.36. The van der Waals surface area contributed by atoms with Gasteiger partial charge in [-0.05, 0) is 38.5 Å². The second-order valence-corrected chi connectivity index (χ2v) is 6.50. The van der Waals surface area contributed by atoms with Crippen molar-refractivity contribution in [1.82, 2.24) is 0 Å². The summed E-state index contributed by atoms with van der Waals surface area (Å²) < 4.78 is 14.1. The summed E-state index contributed by atoms with van der Waals surface area (Å²) in [6.07, 6.45) is 29.0. The van der Waals surface area contributed by atoms with Crippen molar-refractivity contribution in [3.8, 4) is 0 Å². The third-order valence-corrected chi connectivity index (χ3v) is 3.94. The molecule has 0 saturated heterocycles. The summed E-state index contributed by atoms with van der Waals surface area (Å²) in [7, 11) is 3.31. The van der Waals surface area contributed by atoms with E-state index in [1.165, 1.54) is 38.5 Å². The van der Waals surface area contributed by atoms with Crippen LogP contribution in [0.1, 0.15) is 38.5 Å². The average molecular weight is 501 g/mol. The van der Waals surface area contributed by atoms with E-state index >= 15 is 0 Å². The molecule has 2 aliphatic rings. The zero-order valence-electron chi connectivity index (χ0n) is 19.1. The van der Waals surface area contributed by atoms with Crippen molar-refractivity contribution in [2.45, 2.75) is 38.5 Å². The molecule has 2 aliphatic carbocycles. The molecule has 3 nitrogen and oxygen atoms in total. The average Bonchev–Trinajstić information content (AvgIpc) is 2.49. The summed E-state index contributed by atoms with van der Waals surface area (Å²) in [5, 5.41) is 0. The normalized spacial score (nSPS) is 15.7. The van der Waals surface area contributed by atoms with Gasteiger partial charge < -0.3 is 29.7 Å². The minimum absolute atomic E-state index is 0. The number of rotatable bonds is 3. The Morgan fingerprint density at radius 1 is 0.464 bits per heavy atom. The van der Waals surface area contributed by atoms with Gasteiger partial charge in [-0.3, -0.25) is 0 Å². The fourth-order valence-electron chi connectivity index (χ4n) is 1.78. The molecule has 0 heterocycles. The molecular formula is C23H44O3PRu+. The first-order chi connectivity index (χ1) is 11.3. The molecule has 0 spiro atoms. The first-order valence-electron chi connectivity index (χ1n) is 8.12. The fraction of sp³-hybridized carbons (Fsp3) is 0.391. The molecule has 0 radical (unpaired) electrons. The van der Waals surface area contributed by atoms with E-state index in [9.17, 15) is 0 Å². The van der Waals surface area contributed by atoms with E-state index < -0.39 is 8.60 Å². The van der Waals surface area contributed by atoms with Crippen molar-refractivity contribution in [3.05, 3.63) is 90.5 Å². The molecule has 0 saturated carbocycles. The number of allylic oxidation sites excluding steroid dienone is 10. The molecule has 0 aliphatic heterocycles. The third kappa shape index (κ3) is 33.2. The quantitative estimate of drug-likeness (QED) is 0.171. The van der Waals surface area contributed by atoms with Crippen LogP contribution in [0.15, 0.2) is 60.8 Å². The smallest absolute Gasteiger partial charge is 0.358 e. The predicted molar refractivity (Wildman–Crippen MR) is 128 cm³/mol. The maximum absolute atomic E-state index is 4.71. The topological polar surface area (TPSA) is 27.7 Å². The van der Waals surface area contributed by atoms with E-state index in [0.717, 1.165) is 0 Å². The Morgan fingerprint density at radius 2 is 0.714 bits per heavy atom. The van der Waals surface area contributed by atoms with E-state index in [4.69, 9.17) is 13.6 Å². The molecule has 0 atom stereocenters. The van der Waals surface area contributed by atoms with Crippen LogP contribution in [0.4, 0.5) is 0 Å². The second kappa shape index (κ2) is 37.4. The number of hydrogen-bond acceptors (Lipinski definition) is 3. The summed E-state index contributed by atoms with van der Waals surface area (Å²) in [5.74, 6) is 0. The van der Waals surface area contributed by atoms with Gasteiger partial charge in [0.15, 0.2) is 0 Å². The molecule has 0 unspecified atom stereocenters. The maximum Gasteiger partial charge on any atom is 4.00 e. The van der Waals surface area contributed by atoms with Crippen LogP contribution in [0.2, 0.25) is 0 Å². The van der Waals surface area contributed by atoms with Crippen LogP contribution < -0.4 is 0 Å². The van der Waals surface area contributed by atoms with Crippen LogP contribution >= 0.6 is 8.60 Å². The molecule has 0 N–H and O–H groups in total. The molecule has 5 heteroatoms. The Labute approximate surface area is 191 Å². The maximum atomic E-state index is 4.71. The molecular weight excluding hydrogens is 456 g/mol. The molecule has 0 bridgehead atoms. The van der Waals surface area contributed by atoms with Gasteiger partial charge in [0.05, 0.1) is 21.3 Å². The Kier molecular flexibility index (Phi) is 55.9. The summed E-state index contributed by atoms with van der Waals surface area (Å²) in [6, 6.07) is 0. The first-order valence-corrected chi connectivity index (χ1v) is 9.34. The second-order valence-electron chi connectivity index (χ2n) is 4.78. The van der Waals surface area contributed by atoms with Crippen molar-refractivity contribution < 1.29 is 33.0 Å².